The van der Waals surface area contributed by atoms with Gasteiger partial charge in [0.2, 0.25) is 0 Å². The van der Waals surface area contributed by atoms with Gasteiger partial charge in [-0.25, -0.2) is 0 Å². The molecular formula is C29H59IO12. The van der Waals surface area contributed by atoms with Gasteiger partial charge in [0.1, 0.15) is 0 Å². The van der Waals surface area contributed by atoms with E-state index in [0.29, 0.717) is 145 Å². The molecule has 0 heterocycles. The van der Waals surface area contributed by atoms with Gasteiger partial charge < -0.3 is 56.8 Å². The van der Waals surface area contributed by atoms with Gasteiger partial charge in [-0.2, -0.15) is 0 Å². The van der Waals surface area contributed by atoms with Crippen LogP contribution in [0.4, 0.5) is 0 Å². The zero-order valence-electron chi connectivity index (χ0n) is 26.1. The van der Waals surface area contributed by atoms with Gasteiger partial charge in [0.25, 0.3) is 0 Å². The summed E-state index contributed by atoms with van der Waals surface area (Å²) in [6, 6.07) is 0. The van der Waals surface area contributed by atoms with Crippen molar-refractivity contribution in [3.05, 3.63) is 0 Å². The van der Waals surface area contributed by atoms with Crippen LogP contribution in [0, 0.1) is 0 Å². The number of alkyl halides is 1. The van der Waals surface area contributed by atoms with E-state index in [1.54, 1.807) is 0 Å². The van der Waals surface area contributed by atoms with Crippen molar-refractivity contribution in [2.24, 2.45) is 0 Å². The van der Waals surface area contributed by atoms with E-state index >= 15 is 0 Å². The molecule has 254 valence electrons. The summed E-state index contributed by atoms with van der Waals surface area (Å²) in [5.41, 5.74) is 0. The summed E-state index contributed by atoms with van der Waals surface area (Å²) in [6.07, 6.45) is 3.55. The quantitative estimate of drug-likeness (QED) is 0.0528. The van der Waals surface area contributed by atoms with Crippen molar-refractivity contribution in [3.63, 3.8) is 0 Å². The molecule has 0 atom stereocenters. The summed E-state index contributed by atoms with van der Waals surface area (Å²) >= 11 is 2.28. The maximum absolute atomic E-state index is 5.48. The predicted octanol–water partition coefficient (Wildman–Crippen LogP) is 2.81. The van der Waals surface area contributed by atoms with Crippen molar-refractivity contribution >= 4 is 22.6 Å². The summed E-state index contributed by atoms with van der Waals surface area (Å²) in [7, 11) is 0. The van der Waals surface area contributed by atoms with Crippen LogP contribution in [-0.4, -0.2) is 163 Å². The Morgan fingerprint density at radius 1 is 0.262 bits per heavy atom. The first-order chi connectivity index (χ1) is 20.9. The second-order valence-corrected chi connectivity index (χ2v) is 9.82. The highest BCUT2D eigenvalue weighted by Crippen LogP contribution is 1.94. The third-order valence-corrected chi connectivity index (χ3v) is 5.65. The van der Waals surface area contributed by atoms with E-state index in [1.807, 2.05) is 0 Å². The minimum atomic E-state index is 0.521. The molecule has 0 aliphatic heterocycles. The van der Waals surface area contributed by atoms with E-state index in [4.69, 9.17) is 56.8 Å². The summed E-state index contributed by atoms with van der Waals surface area (Å²) in [4.78, 5) is 0. The highest BCUT2D eigenvalue weighted by molar-refractivity contribution is 14.1. The fourth-order valence-electron chi connectivity index (χ4n) is 3.03. The maximum atomic E-state index is 5.48. The normalized spacial score (nSPS) is 11.6. The number of hydrogen-bond acceptors (Lipinski definition) is 12. The van der Waals surface area contributed by atoms with E-state index < -0.39 is 0 Å². The van der Waals surface area contributed by atoms with Crippen LogP contribution in [0.2, 0.25) is 0 Å². The molecule has 0 aromatic heterocycles. The largest absolute Gasteiger partial charge is 0.379 e. The van der Waals surface area contributed by atoms with Crippen molar-refractivity contribution in [2.75, 3.05) is 163 Å². The molecule has 0 N–H and O–H groups in total. The number of ether oxygens (including phenoxy) is 12. The van der Waals surface area contributed by atoms with Crippen molar-refractivity contribution in [3.8, 4) is 0 Å². The molecule has 0 aliphatic rings. The molecule has 0 aromatic rings. The molecule has 0 bridgehead atoms. The fraction of sp³-hybridized carbons (Fsp3) is 1.00. The average molecular weight is 727 g/mol. The number of halogens is 1. The van der Waals surface area contributed by atoms with Crippen LogP contribution in [0.1, 0.15) is 26.2 Å². The lowest BCUT2D eigenvalue weighted by Crippen LogP contribution is -2.15. The van der Waals surface area contributed by atoms with Gasteiger partial charge in [0.15, 0.2) is 0 Å². The van der Waals surface area contributed by atoms with Gasteiger partial charge in [-0.15, -0.1) is 0 Å². The maximum Gasteiger partial charge on any atom is 0.0701 e. The van der Waals surface area contributed by atoms with E-state index in [-0.39, 0.29) is 0 Å². The number of hydrogen-bond donors (Lipinski definition) is 0. The number of unbranched alkanes of at least 4 members (excludes halogenated alkanes) is 2. The molecule has 12 nitrogen and oxygen atoms in total. The van der Waals surface area contributed by atoms with Gasteiger partial charge in [-0.3, -0.25) is 0 Å². The van der Waals surface area contributed by atoms with Crippen molar-refractivity contribution in [2.45, 2.75) is 26.2 Å². The molecule has 0 radical (unpaired) electrons. The molecule has 0 spiro atoms. The minimum Gasteiger partial charge on any atom is -0.379 e. The lowest BCUT2D eigenvalue weighted by molar-refractivity contribution is -0.0282. The van der Waals surface area contributed by atoms with Crippen molar-refractivity contribution < 1.29 is 56.8 Å². The Kier molecular flexibility index (Phi) is 41.5. The third-order valence-electron chi connectivity index (χ3n) is 5.21. The zero-order chi connectivity index (χ0) is 30.3. The van der Waals surface area contributed by atoms with Crippen LogP contribution >= 0.6 is 22.6 Å². The minimum absolute atomic E-state index is 0.521. The lowest BCUT2D eigenvalue weighted by atomic mass is 10.3. The highest BCUT2D eigenvalue weighted by Gasteiger charge is 1.96. The standard InChI is InChI=1S/C29H59IO12/c1-2-3-4-6-31-8-10-33-12-14-35-16-18-37-20-22-39-24-26-41-28-29-42-27-25-40-23-21-38-19-17-36-15-13-34-11-9-32-7-5-30/h2-29H2,1H3. The number of rotatable bonds is 39. The van der Waals surface area contributed by atoms with Crippen LogP contribution in [0.5, 0.6) is 0 Å². The second kappa shape index (κ2) is 41.2. The molecule has 13 heteroatoms. The average Bonchev–Trinajstić information content (AvgIpc) is 3.00. The van der Waals surface area contributed by atoms with Crippen LogP contribution in [0.15, 0.2) is 0 Å². The molecular weight excluding hydrogens is 667 g/mol. The Bertz CT molecular complexity index is 428. The Morgan fingerprint density at radius 2 is 0.452 bits per heavy atom. The van der Waals surface area contributed by atoms with E-state index in [9.17, 15) is 0 Å². The monoisotopic (exact) mass is 726 g/mol. The summed E-state index contributed by atoms with van der Waals surface area (Å²) in [5.74, 6) is 0. The second-order valence-electron chi connectivity index (χ2n) is 8.74. The Labute approximate surface area is 268 Å². The first-order valence-corrected chi connectivity index (χ1v) is 16.9. The van der Waals surface area contributed by atoms with E-state index in [0.717, 1.165) is 24.1 Å². The molecule has 42 heavy (non-hydrogen) atoms. The fourth-order valence-corrected chi connectivity index (χ4v) is 3.34. The van der Waals surface area contributed by atoms with Gasteiger partial charge >= 0.3 is 0 Å². The van der Waals surface area contributed by atoms with Crippen LogP contribution in [0.3, 0.4) is 0 Å². The molecule has 0 aromatic carbocycles. The highest BCUT2D eigenvalue weighted by atomic mass is 127. The van der Waals surface area contributed by atoms with Crippen molar-refractivity contribution in [1.29, 1.82) is 0 Å². The third kappa shape index (κ3) is 40.2. The van der Waals surface area contributed by atoms with Gasteiger partial charge in [-0.05, 0) is 6.42 Å². The van der Waals surface area contributed by atoms with E-state index in [2.05, 4.69) is 29.5 Å². The summed E-state index contributed by atoms with van der Waals surface area (Å²) in [5, 5.41) is 0. The van der Waals surface area contributed by atoms with Crippen LogP contribution < -0.4 is 0 Å². The van der Waals surface area contributed by atoms with Gasteiger partial charge in [0, 0.05) is 11.0 Å². The lowest BCUT2D eigenvalue weighted by Gasteiger charge is -2.09. The smallest absolute Gasteiger partial charge is 0.0701 e. The molecule has 0 rings (SSSR count). The van der Waals surface area contributed by atoms with Crippen LogP contribution in [-0.2, 0) is 56.8 Å². The Balaban J connectivity index is 3.02. The molecule has 0 unspecified atom stereocenters. The molecule has 0 saturated heterocycles. The SMILES string of the molecule is CCCCCOCCOCCOCCOCCOCCOCCOCCOCCOCCOCCOCCOCCI. The summed E-state index contributed by atoms with van der Waals surface area (Å²) in [6.45, 7) is 15.9. The molecule has 0 fully saturated rings. The predicted molar refractivity (Wildman–Crippen MR) is 168 cm³/mol. The zero-order valence-corrected chi connectivity index (χ0v) is 28.2. The van der Waals surface area contributed by atoms with Gasteiger partial charge in [0.05, 0.1) is 152 Å². The molecule has 0 aliphatic carbocycles. The Morgan fingerprint density at radius 3 is 0.643 bits per heavy atom. The summed E-state index contributed by atoms with van der Waals surface area (Å²) < 4.78 is 66.4. The molecule has 0 amide bonds. The van der Waals surface area contributed by atoms with Crippen LogP contribution in [0.25, 0.3) is 0 Å². The first-order valence-electron chi connectivity index (χ1n) is 15.4. The van der Waals surface area contributed by atoms with Crippen molar-refractivity contribution in [1.82, 2.24) is 0 Å². The Hall–Kier alpha value is 0.250. The molecule has 0 saturated carbocycles. The van der Waals surface area contributed by atoms with E-state index in [1.165, 1.54) is 12.8 Å². The van der Waals surface area contributed by atoms with Gasteiger partial charge in [-0.1, -0.05) is 42.4 Å². The topological polar surface area (TPSA) is 111 Å². The first kappa shape index (κ1) is 42.2.